The Morgan fingerprint density at radius 1 is 0.969 bits per heavy atom. The molecule has 0 radical (unpaired) electrons. The minimum absolute atomic E-state index is 0.278. The van der Waals surface area contributed by atoms with Crippen LogP contribution in [0.1, 0.15) is 12.0 Å². The molecule has 3 aromatic carbocycles. The summed E-state index contributed by atoms with van der Waals surface area (Å²) in [5, 5.41) is 2.75. The zero-order chi connectivity index (χ0) is 23.0. The molecule has 0 fully saturated rings. The summed E-state index contributed by atoms with van der Waals surface area (Å²) in [6.45, 7) is 0.000514. The van der Waals surface area contributed by atoms with Crippen molar-refractivity contribution in [3.63, 3.8) is 0 Å². The number of benzene rings is 3. The molecule has 0 saturated carbocycles. The third-order valence-corrected chi connectivity index (χ3v) is 5.80. The van der Waals surface area contributed by atoms with Crippen molar-refractivity contribution in [3.05, 3.63) is 90.2 Å². The van der Waals surface area contributed by atoms with Crippen molar-refractivity contribution in [1.29, 1.82) is 0 Å². The number of aryl methyl sites for hydroxylation is 1. The zero-order valence-electron chi connectivity index (χ0n) is 17.7. The average Bonchev–Trinajstić information content (AvgIpc) is 2.77. The van der Waals surface area contributed by atoms with Gasteiger partial charge < -0.3 is 10.1 Å². The van der Waals surface area contributed by atoms with E-state index in [2.05, 4.69) is 5.32 Å². The number of anilines is 1. The summed E-state index contributed by atoms with van der Waals surface area (Å²) in [5.41, 5.74) is 1.24. The van der Waals surface area contributed by atoms with Crippen LogP contribution in [-0.2, 0) is 21.2 Å². The second-order valence-electron chi connectivity index (χ2n) is 7.23. The van der Waals surface area contributed by atoms with E-state index < -0.39 is 15.9 Å². The minimum Gasteiger partial charge on any atom is -0.455 e. The normalized spacial score (nSPS) is 11.1. The fraction of sp³-hybridized carbons (Fsp3) is 0.208. The van der Waals surface area contributed by atoms with Gasteiger partial charge in [-0.25, -0.2) is 12.8 Å². The van der Waals surface area contributed by atoms with Crippen molar-refractivity contribution in [3.8, 4) is 11.5 Å². The molecular formula is C24H25FN2O4S. The maximum atomic E-state index is 13.0. The van der Waals surface area contributed by atoms with E-state index in [1.165, 1.54) is 12.1 Å². The molecule has 0 saturated heterocycles. The lowest BCUT2D eigenvalue weighted by atomic mass is 10.1. The fourth-order valence-electron chi connectivity index (χ4n) is 3.10. The molecule has 0 aliphatic carbocycles. The van der Waals surface area contributed by atoms with E-state index in [1.54, 1.807) is 48.5 Å². The predicted molar refractivity (Wildman–Crippen MR) is 123 cm³/mol. The molecule has 0 atom stereocenters. The van der Waals surface area contributed by atoms with Crippen LogP contribution in [0.4, 0.5) is 10.1 Å². The van der Waals surface area contributed by atoms with Gasteiger partial charge in [0.2, 0.25) is 15.9 Å². The topological polar surface area (TPSA) is 75.7 Å². The van der Waals surface area contributed by atoms with Gasteiger partial charge in [-0.05, 0) is 54.8 Å². The number of hydrogen-bond acceptors (Lipinski definition) is 4. The molecule has 0 unspecified atom stereocenters. The Hall–Kier alpha value is -3.39. The van der Waals surface area contributed by atoms with Crippen LogP contribution in [0, 0.1) is 5.82 Å². The number of amides is 1. The summed E-state index contributed by atoms with van der Waals surface area (Å²) in [6.07, 6.45) is 2.36. The van der Waals surface area contributed by atoms with Gasteiger partial charge >= 0.3 is 0 Å². The number of halogens is 1. The van der Waals surface area contributed by atoms with Gasteiger partial charge in [0.15, 0.2) is 5.75 Å². The Kier molecular flexibility index (Phi) is 7.83. The molecule has 1 amide bonds. The van der Waals surface area contributed by atoms with Crippen LogP contribution in [0.3, 0.4) is 0 Å². The number of rotatable bonds is 10. The Morgan fingerprint density at radius 3 is 2.31 bits per heavy atom. The number of nitrogens with one attached hydrogen (secondary N) is 1. The summed E-state index contributed by atoms with van der Waals surface area (Å²) >= 11 is 0. The van der Waals surface area contributed by atoms with Crippen molar-refractivity contribution in [2.24, 2.45) is 0 Å². The number of para-hydroxylation sites is 3. The SMILES string of the molecule is CS(=O)(=O)N(CC(=O)NCCCc1ccc(F)cc1)c1ccccc1Oc1ccccc1. The second-order valence-corrected chi connectivity index (χ2v) is 9.14. The van der Waals surface area contributed by atoms with Gasteiger partial charge in [-0.1, -0.05) is 42.5 Å². The van der Waals surface area contributed by atoms with Crippen molar-refractivity contribution >= 4 is 21.6 Å². The average molecular weight is 457 g/mol. The largest absolute Gasteiger partial charge is 0.455 e. The maximum absolute atomic E-state index is 13.0. The highest BCUT2D eigenvalue weighted by Gasteiger charge is 2.24. The first-order valence-electron chi connectivity index (χ1n) is 10.1. The first-order chi connectivity index (χ1) is 15.3. The summed E-state index contributed by atoms with van der Waals surface area (Å²) in [6, 6.07) is 21.9. The molecule has 0 aromatic heterocycles. The van der Waals surface area contributed by atoms with Gasteiger partial charge in [-0.3, -0.25) is 9.10 Å². The standard InChI is InChI=1S/C24H25FN2O4S/c1-32(29,30)27(18-24(28)26-17-7-8-19-13-15-20(25)16-14-19)22-11-5-6-12-23(22)31-21-9-3-2-4-10-21/h2-6,9-16H,7-8,17-18H2,1H3,(H,26,28). The van der Waals surface area contributed by atoms with Crippen LogP contribution in [0.15, 0.2) is 78.9 Å². The van der Waals surface area contributed by atoms with Gasteiger partial charge in [-0.2, -0.15) is 0 Å². The maximum Gasteiger partial charge on any atom is 0.240 e. The van der Waals surface area contributed by atoms with Crippen molar-refractivity contribution < 1.29 is 22.3 Å². The Bertz CT molecular complexity index is 1140. The summed E-state index contributed by atoms with van der Waals surface area (Å²) in [7, 11) is -3.75. The van der Waals surface area contributed by atoms with Gasteiger partial charge in [0.1, 0.15) is 18.1 Å². The van der Waals surface area contributed by atoms with Crippen LogP contribution in [-0.4, -0.2) is 33.7 Å². The molecule has 0 heterocycles. The van der Waals surface area contributed by atoms with Crippen LogP contribution in [0.5, 0.6) is 11.5 Å². The number of sulfonamides is 1. The minimum atomic E-state index is -3.75. The second kappa shape index (κ2) is 10.8. The Morgan fingerprint density at radius 2 is 1.62 bits per heavy atom. The van der Waals surface area contributed by atoms with Crippen LogP contribution < -0.4 is 14.4 Å². The summed E-state index contributed by atoms with van der Waals surface area (Å²) in [4.78, 5) is 12.5. The molecule has 0 aliphatic rings. The van der Waals surface area contributed by atoms with Crippen molar-refractivity contribution in [2.45, 2.75) is 12.8 Å². The van der Waals surface area contributed by atoms with Gasteiger partial charge in [0.25, 0.3) is 0 Å². The number of ether oxygens (including phenoxy) is 1. The first kappa shape index (κ1) is 23.3. The molecular weight excluding hydrogens is 431 g/mol. The van der Waals surface area contributed by atoms with E-state index in [0.29, 0.717) is 30.9 Å². The Labute approximate surface area is 187 Å². The molecule has 168 valence electrons. The smallest absolute Gasteiger partial charge is 0.240 e. The molecule has 0 spiro atoms. The molecule has 6 nitrogen and oxygen atoms in total. The molecule has 0 bridgehead atoms. The number of hydrogen-bond donors (Lipinski definition) is 1. The molecule has 3 aromatic rings. The van der Waals surface area contributed by atoms with Crippen LogP contribution in [0.25, 0.3) is 0 Å². The number of nitrogens with zero attached hydrogens (tertiary/aromatic N) is 1. The van der Waals surface area contributed by atoms with Gasteiger partial charge in [0, 0.05) is 6.54 Å². The lowest BCUT2D eigenvalue weighted by Gasteiger charge is -2.24. The third-order valence-electron chi connectivity index (χ3n) is 4.67. The quantitative estimate of drug-likeness (QED) is 0.466. The predicted octanol–water partition coefficient (Wildman–Crippen LogP) is 4.13. The zero-order valence-corrected chi connectivity index (χ0v) is 18.5. The van der Waals surface area contributed by atoms with E-state index >= 15 is 0 Å². The molecule has 3 rings (SSSR count). The first-order valence-corrected chi connectivity index (χ1v) is 12.0. The fourth-order valence-corrected chi connectivity index (χ4v) is 3.96. The third kappa shape index (κ3) is 6.81. The van der Waals surface area contributed by atoms with Gasteiger partial charge in [-0.15, -0.1) is 0 Å². The van der Waals surface area contributed by atoms with Crippen LogP contribution in [0.2, 0.25) is 0 Å². The van der Waals surface area contributed by atoms with Crippen LogP contribution >= 0.6 is 0 Å². The van der Waals surface area contributed by atoms with E-state index in [4.69, 9.17) is 4.74 Å². The van der Waals surface area contributed by atoms with E-state index in [0.717, 1.165) is 16.1 Å². The van der Waals surface area contributed by atoms with Crippen molar-refractivity contribution in [2.75, 3.05) is 23.7 Å². The van der Waals surface area contributed by atoms with E-state index in [1.807, 2.05) is 18.2 Å². The lowest BCUT2D eigenvalue weighted by Crippen LogP contribution is -2.40. The number of carbonyl (C=O) groups is 1. The monoisotopic (exact) mass is 456 g/mol. The summed E-state index contributed by atoms with van der Waals surface area (Å²) in [5.74, 6) is 0.162. The molecule has 1 N–H and O–H groups in total. The highest BCUT2D eigenvalue weighted by Crippen LogP contribution is 2.33. The van der Waals surface area contributed by atoms with E-state index in [-0.39, 0.29) is 18.0 Å². The highest BCUT2D eigenvalue weighted by atomic mass is 32.2. The van der Waals surface area contributed by atoms with Crippen molar-refractivity contribution in [1.82, 2.24) is 5.32 Å². The lowest BCUT2D eigenvalue weighted by molar-refractivity contribution is -0.119. The highest BCUT2D eigenvalue weighted by molar-refractivity contribution is 7.92. The molecule has 0 aliphatic heterocycles. The number of carbonyl (C=O) groups excluding carboxylic acids is 1. The summed E-state index contributed by atoms with van der Waals surface area (Å²) < 4.78 is 44.8. The molecule has 8 heteroatoms. The van der Waals surface area contributed by atoms with E-state index in [9.17, 15) is 17.6 Å². The Balaban J connectivity index is 1.64. The van der Waals surface area contributed by atoms with Gasteiger partial charge in [0.05, 0.1) is 11.9 Å². The molecule has 32 heavy (non-hydrogen) atoms.